The van der Waals surface area contributed by atoms with E-state index in [1.807, 2.05) is 0 Å². The number of aromatic nitrogens is 2. The first kappa shape index (κ1) is 12.3. The van der Waals surface area contributed by atoms with Gasteiger partial charge in [0.1, 0.15) is 10.8 Å². The van der Waals surface area contributed by atoms with Crippen LogP contribution in [0.3, 0.4) is 0 Å². The third-order valence-corrected chi connectivity index (χ3v) is 3.45. The summed E-state index contributed by atoms with van der Waals surface area (Å²) in [5, 5.41) is 3.26. The third-order valence-electron chi connectivity index (χ3n) is 3.27. The van der Waals surface area contributed by atoms with Gasteiger partial charge in [0.2, 0.25) is 0 Å². The van der Waals surface area contributed by atoms with E-state index in [9.17, 15) is 4.79 Å². The normalized spacial score (nSPS) is 24.4. The molecule has 92 valence electrons. The van der Waals surface area contributed by atoms with E-state index in [4.69, 9.17) is 11.6 Å². The summed E-state index contributed by atoms with van der Waals surface area (Å²) >= 11 is 5.71. The second-order valence-electron chi connectivity index (χ2n) is 4.57. The van der Waals surface area contributed by atoms with E-state index in [1.54, 1.807) is 0 Å². The van der Waals surface area contributed by atoms with Gasteiger partial charge in [-0.3, -0.25) is 9.78 Å². The Balaban J connectivity index is 2.01. The van der Waals surface area contributed by atoms with E-state index < -0.39 is 0 Å². The van der Waals surface area contributed by atoms with Gasteiger partial charge in [-0.1, -0.05) is 31.4 Å². The fourth-order valence-electron chi connectivity index (χ4n) is 2.22. The molecule has 1 aromatic rings. The molecule has 4 nitrogen and oxygen atoms in total. The molecule has 0 radical (unpaired) electrons. The lowest BCUT2D eigenvalue weighted by atomic mass is 9.86. The minimum Gasteiger partial charge on any atom is -0.348 e. The average molecular weight is 254 g/mol. The van der Waals surface area contributed by atoms with E-state index in [0.717, 1.165) is 6.42 Å². The van der Waals surface area contributed by atoms with Crippen molar-refractivity contribution in [2.24, 2.45) is 5.92 Å². The summed E-state index contributed by atoms with van der Waals surface area (Å²) in [6.07, 6.45) is 7.50. The predicted octanol–water partition coefficient (Wildman–Crippen LogP) is 2.44. The van der Waals surface area contributed by atoms with Crippen LogP contribution in [0.4, 0.5) is 0 Å². The molecule has 1 aliphatic rings. The van der Waals surface area contributed by atoms with E-state index in [0.29, 0.717) is 5.92 Å². The van der Waals surface area contributed by atoms with E-state index in [2.05, 4.69) is 22.2 Å². The van der Waals surface area contributed by atoms with Gasteiger partial charge in [0.25, 0.3) is 5.91 Å². The fraction of sp³-hybridized carbons (Fsp3) is 0.583. The van der Waals surface area contributed by atoms with Crippen molar-refractivity contribution in [1.29, 1.82) is 0 Å². The maximum absolute atomic E-state index is 11.9. The molecule has 2 atom stereocenters. The maximum atomic E-state index is 11.9. The van der Waals surface area contributed by atoms with Crippen molar-refractivity contribution >= 4 is 17.5 Å². The zero-order valence-corrected chi connectivity index (χ0v) is 10.6. The number of nitrogens with zero attached hydrogens (tertiary/aromatic N) is 2. The summed E-state index contributed by atoms with van der Waals surface area (Å²) in [4.78, 5) is 19.8. The van der Waals surface area contributed by atoms with Crippen molar-refractivity contribution in [3.63, 3.8) is 0 Å². The Morgan fingerprint density at radius 3 is 2.88 bits per heavy atom. The molecule has 1 aliphatic carbocycles. The minimum absolute atomic E-state index is 0.182. The molecular formula is C12H16ClN3O. The second kappa shape index (κ2) is 5.45. The molecule has 0 saturated heterocycles. The average Bonchev–Trinajstić information content (AvgIpc) is 2.32. The Morgan fingerprint density at radius 1 is 1.41 bits per heavy atom. The number of hydrogen-bond acceptors (Lipinski definition) is 3. The van der Waals surface area contributed by atoms with Crippen LogP contribution < -0.4 is 5.32 Å². The number of nitrogens with one attached hydrogen (secondary N) is 1. The van der Waals surface area contributed by atoms with Crippen LogP contribution in [-0.2, 0) is 0 Å². The Hall–Kier alpha value is -1.16. The van der Waals surface area contributed by atoms with Crippen LogP contribution in [0.15, 0.2) is 12.4 Å². The van der Waals surface area contributed by atoms with Crippen molar-refractivity contribution in [3.8, 4) is 0 Å². The second-order valence-corrected chi connectivity index (χ2v) is 4.96. The number of carbonyl (C=O) groups is 1. The molecule has 1 fully saturated rings. The van der Waals surface area contributed by atoms with E-state index in [1.165, 1.54) is 31.7 Å². The quantitative estimate of drug-likeness (QED) is 0.881. The van der Waals surface area contributed by atoms with Gasteiger partial charge in [-0.2, -0.15) is 0 Å². The number of rotatable bonds is 2. The first-order valence-electron chi connectivity index (χ1n) is 5.95. The summed E-state index contributed by atoms with van der Waals surface area (Å²) in [5.41, 5.74) is 0.287. The van der Waals surface area contributed by atoms with Gasteiger partial charge in [-0.15, -0.1) is 0 Å². The summed E-state index contributed by atoms with van der Waals surface area (Å²) in [7, 11) is 0. The van der Waals surface area contributed by atoms with Gasteiger partial charge < -0.3 is 5.32 Å². The number of carbonyl (C=O) groups excluding carboxylic acids is 1. The first-order valence-corrected chi connectivity index (χ1v) is 6.33. The van der Waals surface area contributed by atoms with Crippen molar-refractivity contribution in [2.75, 3.05) is 0 Å². The summed E-state index contributed by atoms with van der Waals surface area (Å²) in [6, 6.07) is 0.247. The highest BCUT2D eigenvalue weighted by atomic mass is 35.5. The molecule has 1 aromatic heterocycles. The van der Waals surface area contributed by atoms with Crippen LogP contribution in [0, 0.1) is 5.92 Å². The maximum Gasteiger partial charge on any atom is 0.271 e. The Morgan fingerprint density at radius 2 is 2.18 bits per heavy atom. The molecule has 1 amide bonds. The fourth-order valence-corrected chi connectivity index (χ4v) is 2.37. The largest absolute Gasteiger partial charge is 0.348 e. The Kier molecular flexibility index (Phi) is 3.94. The highest BCUT2D eigenvalue weighted by Gasteiger charge is 2.23. The Labute approximate surface area is 106 Å². The van der Waals surface area contributed by atoms with Crippen molar-refractivity contribution in [3.05, 3.63) is 23.2 Å². The van der Waals surface area contributed by atoms with Crippen LogP contribution in [0.5, 0.6) is 0 Å². The summed E-state index contributed by atoms with van der Waals surface area (Å²) in [5.74, 6) is 0.346. The van der Waals surface area contributed by atoms with E-state index in [-0.39, 0.29) is 22.8 Å². The molecule has 5 heteroatoms. The van der Waals surface area contributed by atoms with Gasteiger partial charge in [0.15, 0.2) is 0 Å². The molecule has 0 aromatic carbocycles. The number of halogens is 1. The monoisotopic (exact) mass is 253 g/mol. The predicted molar refractivity (Wildman–Crippen MR) is 65.9 cm³/mol. The lowest BCUT2D eigenvalue weighted by molar-refractivity contribution is 0.0905. The molecule has 1 heterocycles. The molecule has 0 spiro atoms. The Bertz CT molecular complexity index is 410. The van der Waals surface area contributed by atoms with Crippen LogP contribution >= 0.6 is 11.6 Å². The van der Waals surface area contributed by atoms with Crippen LogP contribution in [0.25, 0.3) is 0 Å². The van der Waals surface area contributed by atoms with Crippen LogP contribution in [0.1, 0.15) is 43.1 Å². The molecule has 2 unspecified atom stereocenters. The first-order chi connectivity index (χ1) is 8.16. The molecule has 0 bridgehead atoms. The minimum atomic E-state index is -0.182. The smallest absolute Gasteiger partial charge is 0.271 e. The number of hydrogen-bond donors (Lipinski definition) is 1. The van der Waals surface area contributed by atoms with Crippen LogP contribution in [0.2, 0.25) is 5.15 Å². The highest BCUT2D eigenvalue weighted by molar-refractivity contribution is 6.29. The van der Waals surface area contributed by atoms with Gasteiger partial charge >= 0.3 is 0 Å². The van der Waals surface area contributed by atoms with E-state index >= 15 is 0 Å². The SMILES string of the molecule is CC1CCCCC1NC(=O)c1cncc(Cl)n1. The van der Waals surface area contributed by atoms with Crippen molar-refractivity contribution in [1.82, 2.24) is 15.3 Å². The molecule has 1 N–H and O–H groups in total. The standard InChI is InChI=1S/C12H16ClN3O/c1-8-4-2-3-5-9(8)16-12(17)10-6-14-7-11(13)15-10/h6-9H,2-5H2,1H3,(H,16,17). The molecular weight excluding hydrogens is 238 g/mol. The highest BCUT2D eigenvalue weighted by Crippen LogP contribution is 2.23. The zero-order valence-electron chi connectivity index (χ0n) is 9.82. The molecule has 1 saturated carbocycles. The molecule has 0 aliphatic heterocycles. The topological polar surface area (TPSA) is 54.9 Å². The zero-order chi connectivity index (χ0) is 12.3. The molecule has 2 rings (SSSR count). The lowest BCUT2D eigenvalue weighted by Gasteiger charge is -2.29. The summed E-state index contributed by atoms with van der Waals surface area (Å²) in [6.45, 7) is 2.17. The lowest BCUT2D eigenvalue weighted by Crippen LogP contribution is -2.41. The number of amides is 1. The van der Waals surface area contributed by atoms with Gasteiger partial charge in [0.05, 0.1) is 12.4 Å². The van der Waals surface area contributed by atoms with Crippen molar-refractivity contribution in [2.45, 2.75) is 38.6 Å². The van der Waals surface area contributed by atoms with Gasteiger partial charge in [0, 0.05) is 6.04 Å². The van der Waals surface area contributed by atoms with Gasteiger partial charge in [-0.25, -0.2) is 4.98 Å². The molecule has 17 heavy (non-hydrogen) atoms. The van der Waals surface area contributed by atoms with Crippen molar-refractivity contribution < 1.29 is 4.79 Å². The third kappa shape index (κ3) is 3.16. The van der Waals surface area contributed by atoms with Crippen LogP contribution in [-0.4, -0.2) is 21.9 Å². The summed E-state index contributed by atoms with van der Waals surface area (Å²) < 4.78 is 0. The van der Waals surface area contributed by atoms with Gasteiger partial charge in [-0.05, 0) is 18.8 Å².